The summed E-state index contributed by atoms with van der Waals surface area (Å²) in [5, 5.41) is 8.92. The van der Waals surface area contributed by atoms with Crippen LogP contribution in [0.5, 0.6) is 5.75 Å². The fourth-order valence-corrected chi connectivity index (χ4v) is 4.13. The van der Waals surface area contributed by atoms with Crippen molar-refractivity contribution in [3.8, 4) is 5.75 Å². The van der Waals surface area contributed by atoms with Crippen LogP contribution in [-0.2, 0) is 11.2 Å². The molecule has 0 radical (unpaired) electrons. The lowest BCUT2D eigenvalue weighted by atomic mass is 9.96. The lowest BCUT2D eigenvalue weighted by Crippen LogP contribution is -2.05. The van der Waals surface area contributed by atoms with Crippen LogP contribution in [-0.4, -0.2) is 17.7 Å². The molecular formula is C25H30O3. The van der Waals surface area contributed by atoms with E-state index in [1.807, 2.05) is 12.1 Å². The standard InChI is InChI=1S/C25H30O3/c1-16-8-11-22(17(2)14-16)23-7-5-6-21(23)15-28-24-12-9-20(10-13-25(26)27)18(3)19(24)4/h8-9,11-12,14H,5-7,10,13,15H2,1-4H3,(H,26,27). The Bertz CT molecular complexity index is 922. The van der Waals surface area contributed by atoms with E-state index in [4.69, 9.17) is 9.84 Å². The van der Waals surface area contributed by atoms with Gasteiger partial charge in [0, 0.05) is 6.42 Å². The van der Waals surface area contributed by atoms with Gasteiger partial charge in [-0.15, -0.1) is 0 Å². The first-order valence-electron chi connectivity index (χ1n) is 10.1. The highest BCUT2D eigenvalue weighted by molar-refractivity contribution is 5.73. The molecule has 0 spiro atoms. The Morgan fingerprint density at radius 1 is 1.04 bits per heavy atom. The molecule has 0 aliphatic heterocycles. The van der Waals surface area contributed by atoms with Crippen LogP contribution in [0, 0.1) is 27.7 Å². The summed E-state index contributed by atoms with van der Waals surface area (Å²) in [6, 6.07) is 10.7. The van der Waals surface area contributed by atoms with Crippen molar-refractivity contribution in [1.29, 1.82) is 0 Å². The van der Waals surface area contributed by atoms with Crippen LogP contribution in [0.25, 0.3) is 5.57 Å². The number of ether oxygens (including phenoxy) is 1. The third-order valence-corrected chi connectivity index (χ3v) is 5.90. The van der Waals surface area contributed by atoms with Crippen molar-refractivity contribution in [2.45, 2.75) is 59.8 Å². The van der Waals surface area contributed by atoms with Gasteiger partial charge in [-0.3, -0.25) is 4.79 Å². The molecule has 0 amide bonds. The SMILES string of the molecule is Cc1ccc(C2=C(COc3ccc(CCC(=O)O)c(C)c3C)CCC2)c(C)c1. The van der Waals surface area contributed by atoms with E-state index in [2.05, 4.69) is 45.9 Å². The second kappa shape index (κ2) is 8.64. The lowest BCUT2D eigenvalue weighted by molar-refractivity contribution is -0.136. The molecule has 1 aliphatic rings. The number of carboxylic acids is 1. The van der Waals surface area contributed by atoms with Crippen LogP contribution >= 0.6 is 0 Å². The average Bonchev–Trinajstić information content (AvgIpc) is 3.10. The number of carboxylic acid groups (broad SMARTS) is 1. The fourth-order valence-electron chi connectivity index (χ4n) is 4.13. The van der Waals surface area contributed by atoms with Crippen molar-refractivity contribution >= 4 is 11.5 Å². The highest BCUT2D eigenvalue weighted by atomic mass is 16.5. The summed E-state index contributed by atoms with van der Waals surface area (Å²) in [7, 11) is 0. The van der Waals surface area contributed by atoms with Gasteiger partial charge in [0.15, 0.2) is 0 Å². The molecule has 0 fully saturated rings. The van der Waals surface area contributed by atoms with E-state index in [0.29, 0.717) is 13.0 Å². The number of aryl methyl sites for hydroxylation is 3. The Morgan fingerprint density at radius 2 is 1.82 bits per heavy atom. The predicted octanol–water partition coefficient (Wildman–Crippen LogP) is 5.95. The molecule has 148 valence electrons. The van der Waals surface area contributed by atoms with E-state index in [-0.39, 0.29) is 6.42 Å². The molecule has 0 atom stereocenters. The van der Waals surface area contributed by atoms with E-state index >= 15 is 0 Å². The maximum Gasteiger partial charge on any atom is 0.303 e. The smallest absolute Gasteiger partial charge is 0.303 e. The van der Waals surface area contributed by atoms with Crippen LogP contribution in [0.1, 0.15) is 59.1 Å². The average molecular weight is 379 g/mol. The molecule has 0 bridgehead atoms. The number of rotatable bonds is 7. The van der Waals surface area contributed by atoms with Crippen molar-refractivity contribution in [1.82, 2.24) is 0 Å². The summed E-state index contributed by atoms with van der Waals surface area (Å²) in [5.74, 6) is 0.139. The molecule has 2 aromatic carbocycles. The van der Waals surface area contributed by atoms with Gasteiger partial charge in [0.25, 0.3) is 0 Å². The van der Waals surface area contributed by atoms with E-state index in [0.717, 1.165) is 35.3 Å². The Balaban J connectivity index is 1.77. The molecule has 0 unspecified atom stereocenters. The highest BCUT2D eigenvalue weighted by Crippen LogP contribution is 2.36. The minimum absolute atomic E-state index is 0.159. The number of hydrogen-bond donors (Lipinski definition) is 1. The van der Waals surface area contributed by atoms with Crippen LogP contribution in [0.15, 0.2) is 35.9 Å². The quantitative estimate of drug-likeness (QED) is 0.647. The molecule has 3 nitrogen and oxygen atoms in total. The molecule has 0 saturated heterocycles. The molecular weight excluding hydrogens is 348 g/mol. The zero-order chi connectivity index (χ0) is 20.3. The minimum atomic E-state index is -0.760. The van der Waals surface area contributed by atoms with Gasteiger partial charge in [-0.1, -0.05) is 29.8 Å². The molecule has 1 N–H and O–H groups in total. The first-order valence-corrected chi connectivity index (χ1v) is 10.1. The zero-order valence-electron chi connectivity index (χ0n) is 17.4. The maximum absolute atomic E-state index is 10.8. The van der Waals surface area contributed by atoms with Gasteiger partial charge < -0.3 is 9.84 Å². The third kappa shape index (κ3) is 4.46. The van der Waals surface area contributed by atoms with E-state index < -0.39 is 5.97 Å². The second-order valence-corrected chi connectivity index (χ2v) is 7.91. The second-order valence-electron chi connectivity index (χ2n) is 7.91. The first-order chi connectivity index (χ1) is 13.4. The lowest BCUT2D eigenvalue weighted by Gasteiger charge is -2.16. The number of allylic oxidation sites excluding steroid dienone is 1. The van der Waals surface area contributed by atoms with Gasteiger partial charge >= 0.3 is 5.97 Å². The highest BCUT2D eigenvalue weighted by Gasteiger charge is 2.19. The van der Waals surface area contributed by atoms with Gasteiger partial charge in [-0.25, -0.2) is 0 Å². The fraction of sp³-hybridized carbons (Fsp3) is 0.400. The normalized spacial score (nSPS) is 13.9. The molecule has 3 heteroatoms. The predicted molar refractivity (Wildman–Crippen MR) is 114 cm³/mol. The van der Waals surface area contributed by atoms with Crippen molar-refractivity contribution in [3.63, 3.8) is 0 Å². The van der Waals surface area contributed by atoms with Crippen molar-refractivity contribution in [3.05, 3.63) is 69.3 Å². The first kappa shape index (κ1) is 20.2. The monoisotopic (exact) mass is 378 g/mol. The summed E-state index contributed by atoms with van der Waals surface area (Å²) in [6.07, 6.45) is 4.12. The molecule has 3 rings (SSSR count). The third-order valence-electron chi connectivity index (χ3n) is 5.90. The van der Waals surface area contributed by atoms with Gasteiger partial charge in [0.05, 0.1) is 0 Å². The number of carbonyl (C=O) groups is 1. The summed E-state index contributed by atoms with van der Waals surface area (Å²) in [5.41, 5.74) is 10.2. The van der Waals surface area contributed by atoms with Gasteiger partial charge in [0.2, 0.25) is 0 Å². The molecule has 0 aromatic heterocycles. The van der Waals surface area contributed by atoms with E-state index in [1.54, 1.807) is 0 Å². The topological polar surface area (TPSA) is 46.5 Å². The number of benzene rings is 2. The van der Waals surface area contributed by atoms with Gasteiger partial charge in [-0.2, -0.15) is 0 Å². The van der Waals surface area contributed by atoms with E-state index in [1.165, 1.54) is 34.3 Å². The Hall–Kier alpha value is -2.55. The van der Waals surface area contributed by atoms with Crippen molar-refractivity contribution < 1.29 is 14.6 Å². The van der Waals surface area contributed by atoms with Gasteiger partial charge in [-0.05, 0) is 98.4 Å². The van der Waals surface area contributed by atoms with E-state index in [9.17, 15) is 4.79 Å². The van der Waals surface area contributed by atoms with Crippen LogP contribution in [0.2, 0.25) is 0 Å². The minimum Gasteiger partial charge on any atom is -0.489 e. The number of hydrogen-bond acceptors (Lipinski definition) is 2. The summed E-state index contributed by atoms with van der Waals surface area (Å²) < 4.78 is 6.22. The zero-order valence-corrected chi connectivity index (χ0v) is 17.4. The number of aliphatic carboxylic acids is 1. The van der Waals surface area contributed by atoms with Gasteiger partial charge in [0.1, 0.15) is 12.4 Å². The Morgan fingerprint density at radius 3 is 2.54 bits per heavy atom. The largest absolute Gasteiger partial charge is 0.489 e. The maximum atomic E-state index is 10.8. The molecule has 2 aromatic rings. The summed E-state index contributed by atoms with van der Waals surface area (Å²) >= 11 is 0. The molecule has 0 saturated carbocycles. The van der Waals surface area contributed by atoms with Crippen LogP contribution < -0.4 is 4.74 Å². The summed E-state index contributed by atoms with van der Waals surface area (Å²) in [4.78, 5) is 10.8. The Kier molecular flexibility index (Phi) is 6.23. The molecule has 0 heterocycles. The van der Waals surface area contributed by atoms with Crippen LogP contribution in [0.3, 0.4) is 0 Å². The van der Waals surface area contributed by atoms with Crippen molar-refractivity contribution in [2.24, 2.45) is 0 Å². The molecule has 28 heavy (non-hydrogen) atoms. The molecule has 1 aliphatic carbocycles. The Labute approximate surface area is 168 Å². The van der Waals surface area contributed by atoms with Crippen LogP contribution in [0.4, 0.5) is 0 Å². The van der Waals surface area contributed by atoms with Crippen molar-refractivity contribution in [2.75, 3.05) is 6.61 Å². The summed E-state index contributed by atoms with van der Waals surface area (Å²) in [6.45, 7) is 9.06.